The van der Waals surface area contributed by atoms with Crippen LogP contribution >= 0.6 is 11.5 Å². The van der Waals surface area contributed by atoms with Crippen molar-refractivity contribution < 1.29 is 14.7 Å². The Kier molecular flexibility index (Phi) is 5.21. The standard InChI is InChI=1S/C13H21N3O3S/c1-6-7(2)8(12(18)19)14-11(17)9-10(13(3,4)5)15-16-20-9/h7-8H,6H2,1-5H3,(H,14,17)(H,18,19)/t7?,8-/m0/s1. The molecule has 2 atom stereocenters. The molecule has 20 heavy (non-hydrogen) atoms. The van der Waals surface area contributed by atoms with E-state index in [1.165, 1.54) is 0 Å². The number of carboxylic acid groups (broad SMARTS) is 1. The summed E-state index contributed by atoms with van der Waals surface area (Å²) < 4.78 is 3.81. The summed E-state index contributed by atoms with van der Waals surface area (Å²) in [6.07, 6.45) is 0.671. The normalized spacial score (nSPS) is 14.7. The van der Waals surface area contributed by atoms with Crippen molar-refractivity contribution in [2.45, 2.75) is 52.5 Å². The Morgan fingerprint density at radius 2 is 2.00 bits per heavy atom. The zero-order valence-electron chi connectivity index (χ0n) is 12.4. The molecular formula is C13H21N3O3S. The van der Waals surface area contributed by atoms with E-state index in [4.69, 9.17) is 0 Å². The van der Waals surface area contributed by atoms with Gasteiger partial charge in [-0.2, -0.15) is 0 Å². The molecular weight excluding hydrogens is 278 g/mol. The third-order valence-corrected chi connectivity index (χ3v) is 3.89. The van der Waals surface area contributed by atoms with E-state index < -0.39 is 17.9 Å². The minimum atomic E-state index is -1.03. The summed E-state index contributed by atoms with van der Waals surface area (Å²) in [5.41, 5.74) is 0.280. The molecule has 112 valence electrons. The van der Waals surface area contributed by atoms with Gasteiger partial charge in [-0.15, -0.1) is 5.10 Å². The lowest BCUT2D eigenvalue weighted by atomic mass is 9.91. The van der Waals surface area contributed by atoms with Crippen molar-refractivity contribution in [3.05, 3.63) is 10.6 Å². The Morgan fingerprint density at radius 1 is 1.40 bits per heavy atom. The number of nitrogens with one attached hydrogen (secondary N) is 1. The number of carbonyl (C=O) groups excluding carboxylic acids is 1. The molecule has 1 amide bonds. The molecule has 0 bridgehead atoms. The Bertz CT molecular complexity index is 493. The number of hydrogen-bond donors (Lipinski definition) is 2. The molecule has 0 aliphatic heterocycles. The van der Waals surface area contributed by atoms with E-state index in [0.717, 1.165) is 11.5 Å². The van der Waals surface area contributed by atoms with Crippen LogP contribution in [0.2, 0.25) is 0 Å². The lowest BCUT2D eigenvalue weighted by Crippen LogP contribution is -2.45. The molecule has 1 heterocycles. The summed E-state index contributed by atoms with van der Waals surface area (Å²) >= 11 is 0.991. The van der Waals surface area contributed by atoms with Crippen LogP contribution in [-0.4, -0.2) is 32.6 Å². The predicted octanol–water partition coefficient (Wildman–Crippen LogP) is 2.06. The third kappa shape index (κ3) is 3.75. The topological polar surface area (TPSA) is 92.2 Å². The van der Waals surface area contributed by atoms with Gasteiger partial charge in [0.25, 0.3) is 5.91 Å². The Labute approximate surface area is 122 Å². The predicted molar refractivity (Wildman–Crippen MR) is 77.0 cm³/mol. The molecule has 1 rings (SSSR count). The lowest BCUT2D eigenvalue weighted by molar-refractivity contribution is -0.140. The van der Waals surface area contributed by atoms with Crippen LogP contribution < -0.4 is 5.32 Å². The molecule has 0 saturated heterocycles. The smallest absolute Gasteiger partial charge is 0.326 e. The largest absolute Gasteiger partial charge is 0.480 e. The number of aromatic nitrogens is 2. The van der Waals surface area contributed by atoms with Gasteiger partial charge in [-0.1, -0.05) is 45.5 Å². The van der Waals surface area contributed by atoms with E-state index >= 15 is 0 Å². The van der Waals surface area contributed by atoms with Crippen molar-refractivity contribution in [1.82, 2.24) is 14.9 Å². The van der Waals surface area contributed by atoms with Crippen molar-refractivity contribution in [1.29, 1.82) is 0 Å². The lowest BCUT2D eigenvalue weighted by Gasteiger charge is -2.21. The highest BCUT2D eigenvalue weighted by Crippen LogP contribution is 2.25. The highest BCUT2D eigenvalue weighted by Gasteiger charge is 2.30. The van der Waals surface area contributed by atoms with E-state index in [-0.39, 0.29) is 11.3 Å². The molecule has 0 saturated carbocycles. The number of hydrogen-bond acceptors (Lipinski definition) is 5. The Morgan fingerprint density at radius 3 is 2.45 bits per heavy atom. The number of carbonyl (C=O) groups is 2. The summed E-state index contributed by atoms with van der Waals surface area (Å²) in [5, 5.41) is 15.8. The zero-order chi connectivity index (χ0) is 15.5. The van der Waals surface area contributed by atoms with Crippen molar-refractivity contribution >= 4 is 23.4 Å². The Balaban J connectivity index is 2.96. The van der Waals surface area contributed by atoms with Gasteiger partial charge < -0.3 is 10.4 Å². The van der Waals surface area contributed by atoms with Crippen LogP contribution in [0.3, 0.4) is 0 Å². The van der Waals surface area contributed by atoms with Crippen LogP contribution in [0.5, 0.6) is 0 Å². The number of carboxylic acids is 1. The maximum absolute atomic E-state index is 12.3. The first-order valence-corrected chi connectivity index (χ1v) is 7.32. The van der Waals surface area contributed by atoms with Gasteiger partial charge in [-0.05, 0) is 17.5 Å². The van der Waals surface area contributed by atoms with Crippen LogP contribution in [0, 0.1) is 5.92 Å². The highest BCUT2D eigenvalue weighted by atomic mass is 32.1. The first-order valence-electron chi connectivity index (χ1n) is 6.55. The molecule has 0 spiro atoms. The highest BCUT2D eigenvalue weighted by molar-refractivity contribution is 7.08. The third-order valence-electron chi connectivity index (χ3n) is 3.17. The average molecular weight is 299 g/mol. The van der Waals surface area contributed by atoms with E-state index in [1.807, 2.05) is 27.7 Å². The van der Waals surface area contributed by atoms with Gasteiger partial charge in [0.15, 0.2) is 0 Å². The van der Waals surface area contributed by atoms with Gasteiger partial charge in [-0.25, -0.2) is 4.79 Å². The van der Waals surface area contributed by atoms with Gasteiger partial charge in [0.05, 0.1) is 5.69 Å². The maximum atomic E-state index is 12.3. The molecule has 1 aromatic rings. The first-order chi connectivity index (χ1) is 9.18. The number of amides is 1. The fraction of sp³-hybridized carbons (Fsp3) is 0.692. The second-order valence-corrected chi connectivity index (χ2v) is 6.63. The van der Waals surface area contributed by atoms with Crippen LogP contribution in [0.1, 0.15) is 56.4 Å². The van der Waals surface area contributed by atoms with Crippen molar-refractivity contribution in [3.63, 3.8) is 0 Å². The monoisotopic (exact) mass is 299 g/mol. The molecule has 1 unspecified atom stereocenters. The summed E-state index contributed by atoms with van der Waals surface area (Å²) in [5.74, 6) is -1.59. The molecule has 1 aromatic heterocycles. The Hall–Kier alpha value is -1.50. The van der Waals surface area contributed by atoms with Crippen molar-refractivity contribution in [2.75, 3.05) is 0 Å². The second kappa shape index (κ2) is 6.30. The van der Waals surface area contributed by atoms with Crippen molar-refractivity contribution in [3.8, 4) is 0 Å². The molecule has 6 nitrogen and oxygen atoms in total. The van der Waals surface area contributed by atoms with Gasteiger partial charge in [0.2, 0.25) is 0 Å². The van der Waals surface area contributed by atoms with Gasteiger partial charge in [0.1, 0.15) is 10.9 Å². The fourth-order valence-electron chi connectivity index (χ4n) is 1.72. The molecule has 2 N–H and O–H groups in total. The number of aliphatic carboxylic acids is 1. The molecule has 0 radical (unpaired) electrons. The molecule has 0 aliphatic carbocycles. The van der Waals surface area contributed by atoms with E-state index in [0.29, 0.717) is 17.0 Å². The van der Waals surface area contributed by atoms with Crippen LogP contribution in [-0.2, 0) is 10.2 Å². The summed E-state index contributed by atoms with van der Waals surface area (Å²) in [6.45, 7) is 9.49. The number of rotatable bonds is 5. The van der Waals surface area contributed by atoms with E-state index in [1.54, 1.807) is 6.92 Å². The average Bonchev–Trinajstić information content (AvgIpc) is 2.83. The first kappa shape index (κ1) is 16.6. The summed E-state index contributed by atoms with van der Waals surface area (Å²) in [6, 6.07) is -0.901. The minimum absolute atomic E-state index is 0.143. The van der Waals surface area contributed by atoms with Gasteiger partial charge >= 0.3 is 5.97 Å². The SMILES string of the molecule is CCC(C)[C@H](NC(=O)c1snnc1C(C)(C)C)C(=O)O. The summed E-state index contributed by atoms with van der Waals surface area (Å²) in [4.78, 5) is 23.9. The summed E-state index contributed by atoms with van der Waals surface area (Å²) in [7, 11) is 0. The molecule has 7 heteroatoms. The zero-order valence-corrected chi connectivity index (χ0v) is 13.2. The quantitative estimate of drug-likeness (QED) is 0.868. The number of nitrogens with zero attached hydrogens (tertiary/aromatic N) is 2. The van der Waals surface area contributed by atoms with E-state index in [2.05, 4.69) is 14.9 Å². The van der Waals surface area contributed by atoms with Crippen LogP contribution in [0.4, 0.5) is 0 Å². The molecule has 0 aliphatic rings. The van der Waals surface area contributed by atoms with Gasteiger partial charge in [0, 0.05) is 5.41 Å². The minimum Gasteiger partial charge on any atom is -0.480 e. The van der Waals surface area contributed by atoms with E-state index in [9.17, 15) is 14.7 Å². The molecule has 0 fully saturated rings. The van der Waals surface area contributed by atoms with Crippen molar-refractivity contribution in [2.24, 2.45) is 5.92 Å². The van der Waals surface area contributed by atoms with Gasteiger partial charge in [-0.3, -0.25) is 4.79 Å². The van der Waals surface area contributed by atoms with Crippen LogP contribution in [0.25, 0.3) is 0 Å². The molecule has 0 aromatic carbocycles. The fourth-order valence-corrected chi connectivity index (χ4v) is 2.50. The second-order valence-electron chi connectivity index (χ2n) is 5.88. The van der Waals surface area contributed by atoms with Crippen LogP contribution in [0.15, 0.2) is 0 Å². The maximum Gasteiger partial charge on any atom is 0.326 e.